The maximum absolute atomic E-state index is 12.5. The number of rotatable bonds is 2. The van der Waals surface area contributed by atoms with Crippen LogP contribution in [0.1, 0.15) is 23.1 Å². The molecular weight excluding hydrogens is 255 g/mol. The van der Waals surface area contributed by atoms with E-state index in [2.05, 4.69) is 15.6 Å². The first-order valence-electron chi connectivity index (χ1n) is 6.16. The van der Waals surface area contributed by atoms with E-state index in [0.29, 0.717) is 18.1 Å². The van der Waals surface area contributed by atoms with Gasteiger partial charge in [0.25, 0.3) is 0 Å². The Kier molecular flexibility index (Phi) is 3.97. The Labute approximate surface area is 109 Å². The fraction of sp³-hybridized carbons (Fsp3) is 0.462. The molecule has 0 saturated heterocycles. The SMILES string of the molecule is Cc1cc(C(F)(F)F)ccc1CNC1=NCCCN1. The van der Waals surface area contributed by atoms with Crippen molar-refractivity contribution in [2.24, 2.45) is 4.99 Å². The molecule has 1 aromatic rings. The predicted molar refractivity (Wildman–Crippen MR) is 67.9 cm³/mol. The van der Waals surface area contributed by atoms with Crippen LogP contribution in [-0.2, 0) is 12.7 Å². The van der Waals surface area contributed by atoms with Crippen molar-refractivity contribution in [2.45, 2.75) is 26.1 Å². The quantitative estimate of drug-likeness (QED) is 0.867. The minimum absolute atomic E-state index is 0.468. The van der Waals surface area contributed by atoms with Gasteiger partial charge in [-0.25, -0.2) is 0 Å². The number of nitrogens with one attached hydrogen (secondary N) is 2. The molecule has 3 nitrogen and oxygen atoms in total. The van der Waals surface area contributed by atoms with Crippen molar-refractivity contribution in [2.75, 3.05) is 13.1 Å². The lowest BCUT2D eigenvalue weighted by molar-refractivity contribution is -0.137. The van der Waals surface area contributed by atoms with E-state index in [0.717, 1.165) is 31.1 Å². The van der Waals surface area contributed by atoms with Crippen LogP contribution in [0.5, 0.6) is 0 Å². The molecule has 19 heavy (non-hydrogen) atoms. The summed E-state index contributed by atoms with van der Waals surface area (Å²) in [5.74, 6) is 0.713. The van der Waals surface area contributed by atoms with Gasteiger partial charge in [0.2, 0.25) is 0 Å². The van der Waals surface area contributed by atoms with Gasteiger partial charge in [0.15, 0.2) is 5.96 Å². The summed E-state index contributed by atoms with van der Waals surface area (Å²) in [6.07, 6.45) is -3.28. The van der Waals surface area contributed by atoms with Crippen molar-refractivity contribution in [3.05, 3.63) is 34.9 Å². The van der Waals surface area contributed by atoms with Crippen LogP contribution in [0.15, 0.2) is 23.2 Å². The van der Waals surface area contributed by atoms with Gasteiger partial charge in [-0.2, -0.15) is 13.2 Å². The highest BCUT2D eigenvalue weighted by molar-refractivity contribution is 5.80. The summed E-state index contributed by atoms with van der Waals surface area (Å²) in [4.78, 5) is 4.25. The van der Waals surface area contributed by atoms with Crippen molar-refractivity contribution < 1.29 is 13.2 Å². The van der Waals surface area contributed by atoms with Gasteiger partial charge < -0.3 is 10.6 Å². The van der Waals surface area contributed by atoms with Crippen molar-refractivity contribution in [3.8, 4) is 0 Å². The molecule has 0 atom stereocenters. The van der Waals surface area contributed by atoms with E-state index >= 15 is 0 Å². The summed E-state index contributed by atoms with van der Waals surface area (Å²) in [5.41, 5.74) is 0.851. The summed E-state index contributed by atoms with van der Waals surface area (Å²) in [7, 11) is 0. The van der Waals surface area contributed by atoms with Gasteiger partial charge in [0, 0.05) is 19.6 Å². The molecule has 0 bridgehead atoms. The molecule has 0 spiro atoms. The van der Waals surface area contributed by atoms with E-state index in [9.17, 15) is 13.2 Å². The molecule has 0 radical (unpaired) electrons. The highest BCUT2D eigenvalue weighted by atomic mass is 19.4. The van der Waals surface area contributed by atoms with Gasteiger partial charge in [-0.3, -0.25) is 4.99 Å². The molecule has 0 aromatic heterocycles. The van der Waals surface area contributed by atoms with Gasteiger partial charge >= 0.3 is 6.18 Å². The van der Waals surface area contributed by atoms with Gasteiger partial charge in [0.1, 0.15) is 0 Å². The number of benzene rings is 1. The molecule has 0 saturated carbocycles. The van der Waals surface area contributed by atoms with Crippen molar-refractivity contribution in [3.63, 3.8) is 0 Å². The van der Waals surface area contributed by atoms with Gasteiger partial charge in [0.05, 0.1) is 5.56 Å². The average Bonchev–Trinajstić information content (AvgIpc) is 2.37. The molecule has 0 amide bonds. The Morgan fingerprint density at radius 2 is 2.16 bits per heavy atom. The molecule has 0 fully saturated rings. The summed E-state index contributed by atoms with van der Waals surface area (Å²) in [5, 5.41) is 6.20. The standard InChI is InChI=1S/C13H16F3N3/c1-9-7-11(13(14,15)16)4-3-10(9)8-19-12-17-5-2-6-18-12/h3-4,7H,2,5-6,8H2,1H3,(H2,17,18,19). The topological polar surface area (TPSA) is 36.4 Å². The summed E-state index contributed by atoms with van der Waals surface area (Å²) >= 11 is 0. The molecule has 1 aliphatic heterocycles. The van der Waals surface area contributed by atoms with Crippen LogP contribution in [-0.4, -0.2) is 19.0 Å². The van der Waals surface area contributed by atoms with Crippen LogP contribution in [0.25, 0.3) is 0 Å². The lowest BCUT2D eigenvalue weighted by Crippen LogP contribution is -2.40. The Morgan fingerprint density at radius 1 is 1.37 bits per heavy atom. The number of aliphatic imine (C=N–C) groups is 1. The van der Waals surface area contributed by atoms with Crippen LogP contribution in [0, 0.1) is 6.92 Å². The highest BCUT2D eigenvalue weighted by Crippen LogP contribution is 2.30. The molecule has 1 aromatic carbocycles. The Bertz CT molecular complexity index is 481. The number of alkyl halides is 3. The zero-order valence-electron chi connectivity index (χ0n) is 10.6. The van der Waals surface area contributed by atoms with E-state index in [1.54, 1.807) is 6.92 Å². The molecule has 6 heteroatoms. The minimum atomic E-state index is -4.29. The molecule has 1 heterocycles. The highest BCUT2D eigenvalue weighted by Gasteiger charge is 2.30. The average molecular weight is 271 g/mol. The number of guanidine groups is 1. The minimum Gasteiger partial charge on any atom is -0.356 e. The fourth-order valence-electron chi connectivity index (χ4n) is 1.90. The zero-order valence-corrected chi connectivity index (χ0v) is 10.6. The second kappa shape index (κ2) is 5.50. The van der Waals surface area contributed by atoms with E-state index in [4.69, 9.17) is 0 Å². The smallest absolute Gasteiger partial charge is 0.356 e. The number of aryl methyl sites for hydroxylation is 1. The molecule has 2 N–H and O–H groups in total. The number of hydrogen-bond acceptors (Lipinski definition) is 3. The normalized spacial score (nSPS) is 15.7. The predicted octanol–water partition coefficient (Wildman–Crippen LogP) is 2.45. The van der Waals surface area contributed by atoms with E-state index in [1.165, 1.54) is 12.1 Å². The summed E-state index contributed by atoms with van der Waals surface area (Å²) in [6.45, 7) is 3.80. The first-order valence-corrected chi connectivity index (χ1v) is 6.16. The molecule has 2 rings (SSSR count). The number of hydrogen-bond donors (Lipinski definition) is 2. The van der Waals surface area contributed by atoms with Crippen LogP contribution < -0.4 is 10.6 Å². The largest absolute Gasteiger partial charge is 0.416 e. The zero-order chi connectivity index (χ0) is 13.9. The van der Waals surface area contributed by atoms with Gasteiger partial charge in [-0.05, 0) is 36.6 Å². The summed E-state index contributed by atoms with van der Waals surface area (Å²) < 4.78 is 37.6. The molecule has 0 aliphatic carbocycles. The molecule has 1 aliphatic rings. The maximum atomic E-state index is 12.5. The fourth-order valence-corrected chi connectivity index (χ4v) is 1.90. The molecule has 0 unspecified atom stereocenters. The first kappa shape index (κ1) is 13.7. The third kappa shape index (κ3) is 3.62. The lowest BCUT2D eigenvalue weighted by atomic mass is 10.0. The third-order valence-corrected chi connectivity index (χ3v) is 3.01. The second-order valence-corrected chi connectivity index (χ2v) is 4.50. The van der Waals surface area contributed by atoms with Gasteiger partial charge in [-0.15, -0.1) is 0 Å². The molecule has 104 valence electrons. The maximum Gasteiger partial charge on any atom is 0.416 e. The third-order valence-electron chi connectivity index (χ3n) is 3.01. The second-order valence-electron chi connectivity index (χ2n) is 4.50. The summed E-state index contributed by atoms with van der Waals surface area (Å²) in [6, 6.07) is 3.79. The first-order chi connectivity index (χ1) is 8.97. The lowest BCUT2D eigenvalue weighted by Gasteiger charge is -2.17. The Hall–Kier alpha value is -1.72. The number of nitrogens with zero attached hydrogens (tertiary/aromatic N) is 1. The number of halogens is 3. The molecular formula is C13H16F3N3. The Morgan fingerprint density at radius 3 is 2.74 bits per heavy atom. The van der Waals surface area contributed by atoms with E-state index in [-0.39, 0.29) is 0 Å². The Balaban J connectivity index is 2.03. The van der Waals surface area contributed by atoms with Crippen LogP contribution in [0.4, 0.5) is 13.2 Å². The monoisotopic (exact) mass is 271 g/mol. The van der Waals surface area contributed by atoms with Crippen molar-refractivity contribution >= 4 is 5.96 Å². The van der Waals surface area contributed by atoms with Crippen LogP contribution in [0.2, 0.25) is 0 Å². The van der Waals surface area contributed by atoms with Crippen molar-refractivity contribution in [1.29, 1.82) is 0 Å². The van der Waals surface area contributed by atoms with Crippen molar-refractivity contribution in [1.82, 2.24) is 10.6 Å². The van der Waals surface area contributed by atoms with Gasteiger partial charge in [-0.1, -0.05) is 6.07 Å². The van der Waals surface area contributed by atoms with Crippen LogP contribution >= 0.6 is 0 Å². The van der Waals surface area contributed by atoms with Crippen LogP contribution in [0.3, 0.4) is 0 Å². The van der Waals surface area contributed by atoms with E-state index in [1.807, 2.05) is 0 Å². The van der Waals surface area contributed by atoms with E-state index < -0.39 is 11.7 Å².